The molecule has 5 rings (SSSR count). The van der Waals surface area contributed by atoms with Gasteiger partial charge in [0.1, 0.15) is 37.0 Å². The minimum atomic E-state index is -0.246. The molecule has 3 aromatic rings. The molecule has 2 fully saturated rings. The van der Waals surface area contributed by atoms with E-state index < -0.39 is 0 Å². The van der Waals surface area contributed by atoms with Crippen LogP contribution in [-0.4, -0.2) is 70.9 Å². The van der Waals surface area contributed by atoms with Gasteiger partial charge in [0.05, 0.1) is 33.3 Å². The highest BCUT2D eigenvalue weighted by Crippen LogP contribution is 2.37. The molecule has 9 heteroatoms. The van der Waals surface area contributed by atoms with Crippen molar-refractivity contribution in [3.05, 3.63) is 53.7 Å². The first-order valence-electron chi connectivity index (χ1n) is 13.6. The third-order valence-electron chi connectivity index (χ3n) is 8.43. The number of aromatic nitrogens is 4. The first-order valence-corrected chi connectivity index (χ1v) is 13.6. The molecule has 38 heavy (non-hydrogen) atoms. The zero-order valence-electron chi connectivity index (χ0n) is 22.9. The number of halogens is 1. The molecule has 2 aliphatic rings. The molecular weight excluding hydrogens is 483 g/mol. The second-order valence-corrected chi connectivity index (χ2v) is 11.1. The van der Waals surface area contributed by atoms with Crippen molar-refractivity contribution in [2.45, 2.75) is 52.0 Å². The van der Waals surface area contributed by atoms with E-state index in [1.807, 2.05) is 21.7 Å². The number of aryl methyl sites for hydroxylation is 1. The average molecular weight is 522 g/mol. The molecule has 1 amide bonds. The predicted octanol–water partition coefficient (Wildman–Crippen LogP) is 4.57. The Balaban J connectivity index is 1.35. The van der Waals surface area contributed by atoms with Gasteiger partial charge in [0, 0.05) is 17.7 Å². The Hall–Kier alpha value is -3.33. The summed E-state index contributed by atoms with van der Waals surface area (Å²) in [4.78, 5) is 25.0. The van der Waals surface area contributed by atoms with Crippen molar-refractivity contribution in [3.63, 3.8) is 0 Å². The molecule has 0 N–H and O–H groups in total. The zero-order valence-corrected chi connectivity index (χ0v) is 22.9. The van der Waals surface area contributed by atoms with E-state index in [4.69, 9.17) is 14.8 Å². The number of methoxy groups -OCH3 is 1. The largest absolute Gasteiger partial charge is 0.496 e. The number of carbonyl (C=O) groups excluding carboxylic acids is 1. The number of nitrogens with zero attached hydrogens (tertiary/aromatic N) is 6. The normalized spacial score (nSPS) is 21.3. The van der Waals surface area contributed by atoms with E-state index in [9.17, 15) is 9.18 Å². The van der Waals surface area contributed by atoms with E-state index in [0.717, 1.165) is 55.3 Å². The molecule has 1 saturated heterocycles. The summed E-state index contributed by atoms with van der Waals surface area (Å²) in [5, 5.41) is 4.80. The van der Waals surface area contributed by atoms with E-state index in [2.05, 4.69) is 19.0 Å². The maximum Gasteiger partial charge on any atom is 0.244 e. The molecule has 1 aliphatic carbocycles. The lowest BCUT2D eigenvalue weighted by molar-refractivity contribution is -0.133. The second-order valence-electron chi connectivity index (χ2n) is 11.1. The molecule has 2 unspecified atom stereocenters. The molecule has 1 aromatic carbocycles. The maximum atomic E-state index is 13.9. The number of rotatable bonds is 6. The summed E-state index contributed by atoms with van der Waals surface area (Å²) in [5.74, 6) is 3.71. The fraction of sp³-hybridized carbons (Fsp3) is 0.517. The quantitative estimate of drug-likeness (QED) is 0.445. The van der Waals surface area contributed by atoms with Crippen LogP contribution in [0.5, 0.6) is 5.75 Å². The summed E-state index contributed by atoms with van der Waals surface area (Å²) < 4.78 is 21.8. The Morgan fingerprint density at radius 3 is 2.63 bits per heavy atom. The smallest absolute Gasteiger partial charge is 0.244 e. The summed E-state index contributed by atoms with van der Waals surface area (Å²) in [6.45, 7) is 7.00. The van der Waals surface area contributed by atoms with Crippen LogP contribution in [0.25, 0.3) is 11.4 Å². The molecule has 3 heterocycles. The van der Waals surface area contributed by atoms with Crippen molar-refractivity contribution in [2.75, 3.05) is 40.3 Å². The Morgan fingerprint density at radius 2 is 1.92 bits per heavy atom. The number of ether oxygens (including phenoxy) is 1. The van der Waals surface area contributed by atoms with Crippen LogP contribution in [0.15, 0.2) is 36.5 Å². The number of carbonyl (C=O) groups is 1. The van der Waals surface area contributed by atoms with E-state index in [1.54, 1.807) is 32.4 Å². The van der Waals surface area contributed by atoms with Gasteiger partial charge in [-0.05, 0) is 49.1 Å². The van der Waals surface area contributed by atoms with Gasteiger partial charge < -0.3 is 9.64 Å². The minimum Gasteiger partial charge on any atom is -0.496 e. The van der Waals surface area contributed by atoms with E-state index in [0.29, 0.717) is 34.9 Å². The molecule has 2 atom stereocenters. The maximum absolute atomic E-state index is 13.9. The van der Waals surface area contributed by atoms with Gasteiger partial charge in [-0.3, -0.25) is 9.28 Å². The monoisotopic (exact) mass is 521 g/mol. The van der Waals surface area contributed by atoms with Gasteiger partial charge in [-0.1, -0.05) is 26.2 Å². The van der Waals surface area contributed by atoms with Gasteiger partial charge >= 0.3 is 0 Å². The highest BCUT2D eigenvalue weighted by molar-refractivity contribution is 5.76. The summed E-state index contributed by atoms with van der Waals surface area (Å²) in [7, 11) is 3.81. The van der Waals surface area contributed by atoms with Crippen molar-refractivity contribution in [1.29, 1.82) is 0 Å². The van der Waals surface area contributed by atoms with Gasteiger partial charge in [-0.25, -0.2) is 19.0 Å². The minimum absolute atomic E-state index is 0.0475. The Kier molecular flexibility index (Phi) is 7.47. The number of benzene rings is 1. The zero-order chi connectivity index (χ0) is 26.9. The van der Waals surface area contributed by atoms with Gasteiger partial charge in [-0.2, -0.15) is 5.10 Å². The fourth-order valence-electron chi connectivity index (χ4n) is 5.79. The molecule has 2 aromatic heterocycles. The van der Waals surface area contributed by atoms with Crippen LogP contribution < -0.4 is 9.22 Å². The van der Waals surface area contributed by atoms with E-state index in [1.165, 1.54) is 12.5 Å². The van der Waals surface area contributed by atoms with Crippen LogP contribution in [0.4, 0.5) is 10.2 Å². The lowest BCUT2D eigenvalue weighted by Gasteiger charge is -2.40. The topological polar surface area (TPSA) is 73.1 Å². The van der Waals surface area contributed by atoms with E-state index >= 15 is 0 Å². The van der Waals surface area contributed by atoms with Crippen LogP contribution in [0.2, 0.25) is 0 Å². The summed E-state index contributed by atoms with van der Waals surface area (Å²) in [6.07, 6.45) is 6.34. The molecule has 1 aliphatic heterocycles. The number of likely N-dealkylation sites (N-methyl/N-ethyl adjacent to an activating group) is 1. The molecule has 1 saturated carbocycles. The lowest BCUT2D eigenvalue weighted by atomic mass is 9.80. The number of hydrogen-bond acceptors (Lipinski definition) is 5. The van der Waals surface area contributed by atoms with Crippen LogP contribution in [0.1, 0.15) is 49.9 Å². The predicted molar refractivity (Wildman–Crippen MR) is 145 cm³/mol. The van der Waals surface area contributed by atoms with Crippen LogP contribution in [-0.2, 0) is 11.3 Å². The lowest BCUT2D eigenvalue weighted by Crippen LogP contribution is -2.60. The molecule has 0 bridgehead atoms. The number of hydrogen-bond donors (Lipinski definition) is 0. The molecule has 0 spiro atoms. The van der Waals surface area contributed by atoms with E-state index in [-0.39, 0.29) is 24.2 Å². The van der Waals surface area contributed by atoms with Crippen molar-refractivity contribution in [3.8, 4) is 17.1 Å². The Labute approximate surface area is 224 Å². The third-order valence-corrected chi connectivity index (χ3v) is 8.43. The standard InChI is InChI=1S/C29H38FN6O2/c1-20-7-5-6-8-24(20)29-32-28(22-9-10-25(30)21(2)17-22)33-35(29)19-27(37)34-13-15-36(3,16-14-34)26-18-23(38-4)11-12-31-26/h9-12,17-18,20,24H,5-8,13-16,19H2,1-4H3/q+1. The van der Waals surface area contributed by atoms with Crippen LogP contribution >= 0.6 is 0 Å². The summed E-state index contributed by atoms with van der Waals surface area (Å²) >= 11 is 0. The van der Waals surface area contributed by atoms with Gasteiger partial charge in [0.15, 0.2) is 5.82 Å². The van der Waals surface area contributed by atoms with Crippen molar-refractivity contribution in [1.82, 2.24) is 29.1 Å². The number of piperazine rings is 1. The van der Waals surface area contributed by atoms with Crippen molar-refractivity contribution < 1.29 is 13.9 Å². The average Bonchev–Trinajstić information content (AvgIpc) is 3.34. The first kappa shape index (κ1) is 26.3. The second kappa shape index (κ2) is 10.8. The highest BCUT2D eigenvalue weighted by atomic mass is 19.1. The highest BCUT2D eigenvalue weighted by Gasteiger charge is 2.35. The number of amides is 1. The fourth-order valence-corrected chi connectivity index (χ4v) is 5.79. The molecule has 0 radical (unpaired) electrons. The molecule has 202 valence electrons. The van der Waals surface area contributed by atoms with Crippen LogP contribution in [0.3, 0.4) is 0 Å². The van der Waals surface area contributed by atoms with Crippen molar-refractivity contribution >= 4 is 11.7 Å². The Bertz CT molecular complexity index is 1300. The third kappa shape index (κ3) is 5.29. The summed E-state index contributed by atoms with van der Waals surface area (Å²) in [6, 6.07) is 8.78. The molecule has 8 nitrogen and oxygen atoms in total. The summed E-state index contributed by atoms with van der Waals surface area (Å²) in [5.41, 5.74) is 1.33. The number of pyridine rings is 1. The van der Waals surface area contributed by atoms with Crippen LogP contribution in [0, 0.1) is 18.7 Å². The first-order chi connectivity index (χ1) is 18.3. The number of quaternary nitrogens is 1. The Morgan fingerprint density at radius 1 is 1.16 bits per heavy atom. The van der Waals surface area contributed by atoms with Gasteiger partial charge in [-0.15, -0.1) is 0 Å². The molecular formula is C29H38FN6O2+. The SMILES string of the molecule is COc1ccnc([N+]2(C)CCN(C(=O)Cn3nc(-c4ccc(F)c(C)c4)nc3C3CCCCC3C)CC2)c1. The van der Waals surface area contributed by atoms with Gasteiger partial charge in [0.25, 0.3) is 0 Å². The van der Waals surface area contributed by atoms with Crippen molar-refractivity contribution in [2.24, 2.45) is 5.92 Å². The van der Waals surface area contributed by atoms with Gasteiger partial charge in [0.2, 0.25) is 11.7 Å².